The molecule has 0 aromatic heterocycles. The quantitative estimate of drug-likeness (QED) is 0.812. The van der Waals surface area contributed by atoms with Crippen LogP contribution < -0.4 is 10.6 Å². The normalized spacial score (nSPS) is 12.2. The van der Waals surface area contributed by atoms with E-state index in [-0.39, 0.29) is 11.9 Å². The van der Waals surface area contributed by atoms with Gasteiger partial charge in [0.2, 0.25) is 5.91 Å². The molecule has 0 bridgehead atoms. The summed E-state index contributed by atoms with van der Waals surface area (Å²) < 4.78 is 1.07. The lowest BCUT2D eigenvalue weighted by Crippen LogP contribution is -2.35. The molecule has 100 valence electrons. The Bertz CT molecular complexity index is 382. The summed E-state index contributed by atoms with van der Waals surface area (Å²) in [6, 6.07) is 8.40. The maximum Gasteiger partial charge on any atom is 0.233 e. The number of carbonyl (C=O) groups is 1. The highest BCUT2D eigenvalue weighted by Gasteiger charge is 2.10. The summed E-state index contributed by atoms with van der Waals surface area (Å²) in [6.07, 6.45) is 1.92. The van der Waals surface area contributed by atoms with Gasteiger partial charge in [0.15, 0.2) is 0 Å². The molecule has 1 aromatic rings. The molecule has 0 aliphatic carbocycles. The summed E-state index contributed by atoms with van der Waals surface area (Å²) in [6.45, 7) is 5.27. The monoisotopic (exact) mass is 312 g/mol. The van der Waals surface area contributed by atoms with Gasteiger partial charge in [0, 0.05) is 17.1 Å². The second-order valence-corrected chi connectivity index (χ2v) is 5.16. The van der Waals surface area contributed by atoms with E-state index in [1.165, 1.54) is 5.56 Å². The highest BCUT2D eigenvalue weighted by molar-refractivity contribution is 9.10. The van der Waals surface area contributed by atoms with E-state index >= 15 is 0 Å². The molecule has 1 aromatic carbocycles. The second-order valence-electron chi connectivity index (χ2n) is 4.25. The van der Waals surface area contributed by atoms with Crippen molar-refractivity contribution in [1.82, 2.24) is 10.6 Å². The molecule has 0 spiro atoms. The number of benzene rings is 1. The van der Waals surface area contributed by atoms with Crippen LogP contribution in [0.3, 0.4) is 0 Å². The van der Waals surface area contributed by atoms with Crippen LogP contribution in [-0.4, -0.2) is 19.0 Å². The zero-order chi connectivity index (χ0) is 13.4. The third-order valence-corrected chi connectivity index (χ3v) is 3.23. The van der Waals surface area contributed by atoms with Crippen molar-refractivity contribution in [2.75, 3.05) is 13.1 Å². The maximum atomic E-state index is 11.5. The minimum Gasteiger partial charge on any atom is -0.355 e. The molecule has 0 aliphatic rings. The molecule has 0 radical (unpaired) electrons. The van der Waals surface area contributed by atoms with Gasteiger partial charge in [0.1, 0.15) is 0 Å². The van der Waals surface area contributed by atoms with E-state index in [0.29, 0.717) is 6.54 Å². The number of halogens is 1. The summed E-state index contributed by atoms with van der Waals surface area (Å²) in [4.78, 5) is 11.5. The van der Waals surface area contributed by atoms with Gasteiger partial charge in [0.25, 0.3) is 0 Å². The van der Waals surface area contributed by atoms with Crippen LogP contribution in [0.2, 0.25) is 0 Å². The van der Waals surface area contributed by atoms with Crippen LogP contribution in [0.15, 0.2) is 28.7 Å². The lowest BCUT2D eigenvalue weighted by molar-refractivity contribution is -0.120. The van der Waals surface area contributed by atoms with Gasteiger partial charge in [-0.1, -0.05) is 41.9 Å². The molecule has 1 rings (SSSR count). The predicted molar refractivity (Wildman–Crippen MR) is 78.5 cm³/mol. The smallest absolute Gasteiger partial charge is 0.233 e. The minimum absolute atomic E-state index is 0.0605. The van der Waals surface area contributed by atoms with E-state index in [9.17, 15) is 4.79 Å². The highest BCUT2D eigenvalue weighted by atomic mass is 79.9. The first-order valence-corrected chi connectivity index (χ1v) is 7.22. The second kappa shape index (κ2) is 8.27. The molecule has 1 atom stereocenters. The molecular formula is C14H21BrN2O. The van der Waals surface area contributed by atoms with Crippen molar-refractivity contribution in [2.24, 2.45) is 0 Å². The Morgan fingerprint density at radius 1 is 1.39 bits per heavy atom. The Morgan fingerprint density at radius 2 is 2.17 bits per heavy atom. The molecule has 18 heavy (non-hydrogen) atoms. The number of nitrogens with one attached hydrogen (secondary N) is 2. The van der Waals surface area contributed by atoms with Gasteiger partial charge >= 0.3 is 0 Å². The standard InChI is InChI=1S/C14H21BrN2O/c1-3-8-16-14(18)10-17-13(4-2)11-6-5-7-12(15)9-11/h5-7,9,13,17H,3-4,8,10H2,1-2H3,(H,16,18). The first kappa shape index (κ1) is 15.2. The van der Waals surface area contributed by atoms with Crippen molar-refractivity contribution in [3.63, 3.8) is 0 Å². The molecule has 0 saturated carbocycles. The van der Waals surface area contributed by atoms with Crippen LogP contribution in [0.4, 0.5) is 0 Å². The Morgan fingerprint density at radius 3 is 2.78 bits per heavy atom. The largest absolute Gasteiger partial charge is 0.355 e. The Kier molecular flexibility index (Phi) is 6.98. The van der Waals surface area contributed by atoms with E-state index < -0.39 is 0 Å². The molecule has 0 saturated heterocycles. The molecule has 1 unspecified atom stereocenters. The van der Waals surface area contributed by atoms with E-state index in [0.717, 1.165) is 23.9 Å². The Hall–Kier alpha value is -0.870. The number of amides is 1. The third kappa shape index (κ3) is 5.19. The highest BCUT2D eigenvalue weighted by Crippen LogP contribution is 2.20. The van der Waals surface area contributed by atoms with Gasteiger partial charge in [-0.25, -0.2) is 0 Å². The molecule has 0 fully saturated rings. The lowest BCUT2D eigenvalue weighted by Gasteiger charge is -2.17. The average molecular weight is 313 g/mol. The number of hydrogen-bond acceptors (Lipinski definition) is 2. The average Bonchev–Trinajstić information content (AvgIpc) is 2.37. The minimum atomic E-state index is 0.0605. The summed E-state index contributed by atoms with van der Waals surface area (Å²) >= 11 is 3.47. The van der Waals surface area contributed by atoms with Gasteiger partial charge in [-0.3, -0.25) is 4.79 Å². The van der Waals surface area contributed by atoms with Crippen LogP contribution in [-0.2, 0) is 4.79 Å². The topological polar surface area (TPSA) is 41.1 Å². The lowest BCUT2D eigenvalue weighted by atomic mass is 10.0. The van der Waals surface area contributed by atoms with E-state index in [4.69, 9.17) is 0 Å². The first-order chi connectivity index (χ1) is 8.67. The molecule has 4 heteroatoms. The van der Waals surface area contributed by atoms with E-state index in [2.05, 4.69) is 45.6 Å². The molecule has 0 aliphatic heterocycles. The fraction of sp³-hybridized carbons (Fsp3) is 0.500. The van der Waals surface area contributed by atoms with Crippen LogP contribution in [0.25, 0.3) is 0 Å². The molecule has 1 amide bonds. The van der Waals surface area contributed by atoms with Crippen LogP contribution in [0.5, 0.6) is 0 Å². The summed E-state index contributed by atoms with van der Waals surface area (Å²) in [5, 5.41) is 6.15. The third-order valence-electron chi connectivity index (χ3n) is 2.74. The summed E-state index contributed by atoms with van der Waals surface area (Å²) in [5.74, 6) is 0.0605. The fourth-order valence-electron chi connectivity index (χ4n) is 1.76. The number of rotatable bonds is 7. The molecule has 0 heterocycles. The van der Waals surface area contributed by atoms with Crippen molar-refractivity contribution >= 4 is 21.8 Å². The first-order valence-electron chi connectivity index (χ1n) is 6.42. The van der Waals surface area contributed by atoms with Crippen LogP contribution in [0, 0.1) is 0 Å². The van der Waals surface area contributed by atoms with Gasteiger partial charge in [-0.2, -0.15) is 0 Å². The predicted octanol–water partition coefficient (Wildman–Crippen LogP) is 3.02. The van der Waals surface area contributed by atoms with E-state index in [1.54, 1.807) is 0 Å². The van der Waals surface area contributed by atoms with Crippen molar-refractivity contribution < 1.29 is 4.79 Å². The van der Waals surface area contributed by atoms with Gasteiger partial charge in [-0.05, 0) is 30.5 Å². The van der Waals surface area contributed by atoms with Crippen LogP contribution in [0.1, 0.15) is 38.3 Å². The van der Waals surface area contributed by atoms with Crippen molar-refractivity contribution in [3.8, 4) is 0 Å². The van der Waals surface area contributed by atoms with E-state index in [1.807, 2.05) is 19.1 Å². The van der Waals surface area contributed by atoms with Crippen molar-refractivity contribution in [2.45, 2.75) is 32.7 Å². The summed E-state index contributed by atoms with van der Waals surface area (Å²) in [7, 11) is 0. The summed E-state index contributed by atoms with van der Waals surface area (Å²) in [5.41, 5.74) is 1.20. The molecule has 3 nitrogen and oxygen atoms in total. The van der Waals surface area contributed by atoms with Gasteiger partial charge < -0.3 is 10.6 Å². The SMILES string of the molecule is CCCNC(=O)CNC(CC)c1cccc(Br)c1. The van der Waals surface area contributed by atoms with Crippen LogP contribution >= 0.6 is 15.9 Å². The molecule has 2 N–H and O–H groups in total. The Labute approximate surface area is 117 Å². The van der Waals surface area contributed by atoms with Gasteiger partial charge in [-0.15, -0.1) is 0 Å². The van der Waals surface area contributed by atoms with Gasteiger partial charge in [0.05, 0.1) is 6.54 Å². The van der Waals surface area contributed by atoms with Crippen molar-refractivity contribution in [1.29, 1.82) is 0 Å². The Balaban J connectivity index is 2.50. The fourth-order valence-corrected chi connectivity index (χ4v) is 2.18. The maximum absolute atomic E-state index is 11.5. The number of hydrogen-bond donors (Lipinski definition) is 2. The van der Waals surface area contributed by atoms with Crippen molar-refractivity contribution in [3.05, 3.63) is 34.3 Å². The zero-order valence-electron chi connectivity index (χ0n) is 11.0. The molecular weight excluding hydrogens is 292 g/mol. The zero-order valence-corrected chi connectivity index (χ0v) is 12.6. The number of carbonyl (C=O) groups excluding carboxylic acids is 1.